The van der Waals surface area contributed by atoms with Crippen molar-refractivity contribution in [2.24, 2.45) is 39.9 Å². The topological polar surface area (TPSA) is 23.5 Å². The standard InChI is InChI=1S/C28H47NOS/c1-19(18-29-14-16-31-17-15-29)21-7-8-22-20-6-9-24-26(2,3)25(30)11-13-28(24,5)23(20)10-12-27(21,22)4/h19,21,23-25,30H,6-18H2,1-5H3/t19-,21-,23?,24+,25+,27-,28-/m1/s1. The van der Waals surface area contributed by atoms with E-state index in [0.29, 0.717) is 16.7 Å². The first-order valence-corrected chi connectivity index (χ1v) is 14.5. The van der Waals surface area contributed by atoms with Crippen LogP contribution in [0.1, 0.15) is 86.0 Å². The number of rotatable bonds is 3. The van der Waals surface area contributed by atoms with Crippen molar-refractivity contribution >= 4 is 11.8 Å². The Morgan fingerprint density at radius 1 is 1.00 bits per heavy atom. The average molecular weight is 446 g/mol. The zero-order valence-electron chi connectivity index (χ0n) is 20.9. The van der Waals surface area contributed by atoms with E-state index in [1.54, 1.807) is 0 Å². The van der Waals surface area contributed by atoms with Crippen molar-refractivity contribution in [3.63, 3.8) is 0 Å². The minimum Gasteiger partial charge on any atom is -0.393 e. The summed E-state index contributed by atoms with van der Waals surface area (Å²) in [6.45, 7) is 16.5. The van der Waals surface area contributed by atoms with Crippen molar-refractivity contribution in [1.82, 2.24) is 4.90 Å². The van der Waals surface area contributed by atoms with Crippen molar-refractivity contribution < 1.29 is 5.11 Å². The molecule has 3 saturated carbocycles. The Kier molecular flexibility index (Phi) is 5.92. The Morgan fingerprint density at radius 3 is 2.48 bits per heavy atom. The Hall–Kier alpha value is 0.01000. The second-order valence-corrected chi connectivity index (χ2v) is 14.2. The van der Waals surface area contributed by atoms with Crippen LogP contribution in [0.2, 0.25) is 0 Å². The molecule has 31 heavy (non-hydrogen) atoms. The number of aliphatic hydroxyl groups is 1. The molecule has 1 N–H and O–H groups in total. The molecule has 1 heterocycles. The van der Waals surface area contributed by atoms with Crippen molar-refractivity contribution in [1.29, 1.82) is 0 Å². The number of hydrogen-bond acceptors (Lipinski definition) is 3. The molecule has 176 valence electrons. The Labute approximate surface area is 196 Å². The van der Waals surface area contributed by atoms with Crippen LogP contribution in [-0.4, -0.2) is 47.3 Å². The third-order valence-corrected chi connectivity index (χ3v) is 12.3. The largest absolute Gasteiger partial charge is 0.393 e. The number of hydrogen-bond donors (Lipinski definition) is 1. The molecule has 0 aromatic carbocycles. The van der Waals surface area contributed by atoms with Gasteiger partial charge in [-0.2, -0.15) is 11.8 Å². The van der Waals surface area contributed by atoms with Crippen LogP contribution in [0.5, 0.6) is 0 Å². The third kappa shape index (κ3) is 3.50. The van der Waals surface area contributed by atoms with Crippen molar-refractivity contribution in [2.45, 2.75) is 92.1 Å². The molecule has 2 nitrogen and oxygen atoms in total. The smallest absolute Gasteiger partial charge is 0.0594 e. The predicted octanol–water partition coefficient (Wildman–Crippen LogP) is 6.39. The fourth-order valence-electron chi connectivity index (χ4n) is 9.60. The summed E-state index contributed by atoms with van der Waals surface area (Å²) in [4.78, 5) is 2.75. The molecule has 0 radical (unpaired) electrons. The molecule has 3 heteroatoms. The third-order valence-electron chi connectivity index (χ3n) is 11.3. The van der Waals surface area contributed by atoms with Crippen LogP contribution < -0.4 is 0 Å². The highest BCUT2D eigenvalue weighted by Gasteiger charge is 2.59. The van der Waals surface area contributed by atoms with Gasteiger partial charge >= 0.3 is 0 Å². The monoisotopic (exact) mass is 445 g/mol. The first-order valence-electron chi connectivity index (χ1n) is 13.4. The van der Waals surface area contributed by atoms with E-state index in [0.717, 1.165) is 24.2 Å². The molecule has 5 rings (SSSR count). The second kappa shape index (κ2) is 8.05. The molecule has 0 amide bonds. The van der Waals surface area contributed by atoms with Crippen LogP contribution in [-0.2, 0) is 0 Å². The van der Waals surface area contributed by atoms with Gasteiger partial charge in [-0.1, -0.05) is 45.8 Å². The number of allylic oxidation sites excluding steroid dienone is 2. The highest BCUT2D eigenvalue weighted by Crippen LogP contribution is 2.68. The van der Waals surface area contributed by atoms with E-state index in [4.69, 9.17) is 0 Å². The van der Waals surface area contributed by atoms with Crippen LogP contribution >= 0.6 is 11.8 Å². The summed E-state index contributed by atoms with van der Waals surface area (Å²) in [5, 5.41) is 10.8. The van der Waals surface area contributed by atoms with Crippen molar-refractivity contribution in [3.05, 3.63) is 11.1 Å². The van der Waals surface area contributed by atoms with Crippen LogP contribution in [0.3, 0.4) is 0 Å². The van der Waals surface area contributed by atoms with Crippen molar-refractivity contribution in [2.75, 3.05) is 31.1 Å². The van der Waals surface area contributed by atoms with Gasteiger partial charge in [0.05, 0.1) is 6.10 Å². The molecule has 1 saturated heterocycles. The van der Waals surface area contributed by atoms with E-state index >= 15 is 0 Å². The quantitative estimate of drug-likeness (QED) is 0.509. The SMILES string of the molecule is C[C@H](CN1CCSCC1)[C@H]1CCC2=C3CC[C@H]4C(C)(C)[C@@H](O)CC[C@]4(C)C3CC[C@@]21C. The van der Waals surface area contributed by atoms with Gasteiger partial charge < -0.3 is 10.0 Å². The van der Waals surface area contributed by atoms with E-state index in [-0.39, 0.29) is 11.5 Å². The molecule has 4 fully saturated rings. The molecule has 0 aromatic heterocycles. The summed E-state index contributed by atoms with van der Waals surface area (Å²) >= 11 is 2.13. The maximum absolute atomic E-state index is 10.8. The molecule has 0 spiro atoms. The summed E-state index contributed by atoms with van der Waals surface area (Å²) in [6.07, 6.45) is 10.4. The molecule has 0 aromatic rings. The zero-order chi connectivity index (χ0) is 22.0. The zero-order valence-corrected chi connectivity index (χ0v) is 21.7. The molecule has 1 unspecified atom stereocenters. The maximum Gasteiger partial charge on any atom is 0.0594 e. The number of aliphatic hydroxyl groups excluding tert-OH is 1. The van der Waals surface area contributed by atoms with E-state index in [9.17, 15) is 5.11 Å². The van der Waals surface area contributed by atoms with Gasteiger partial charge in [-0.05, 0) is 91.3 Å². The maximum atomic E-state index is 10.8. The minimum absolute atomic E-state index is 0.0728. The summed E-state index contributed by atoms with van der Waals surface area (Å²) in [5.74, 6) is 5.82. The normalized spacial score (nSPS) is 46.3. The van der Waals surface area contributed by atoms with Gasteiger partial charge in [0.1, 0.15) is 0 Å². The second-order valence-electron chi connectivity index (χ2n) is 13.0. The predicted molar refractivity (Wildman–Crippen MR) is 133 cm³/mol. The molecule has 4 aliphatic carbocycles. The van der Waals surface area contributed by atoms with Crippen LogP contribution in [0.4, 0.5) is 0 Å². The summed E-state index contributed by atoms with van der Waals surface area (Å²) < 4.78 is 0. The molecule has 5 aliphatic rings. The lowest BCUT2D eigenvalue weighted by molar-refractivity contribution is -0.128. The first-order chi connectivity index (χ1) is 14.7. The van der Waals surface area contributed by atoms with Gasteiger partial charge in [-0.25, -0.2) is 0 Å². The number of thioether (sulfide) groups is 1. The van der Waals surface area contributed by atoms with E-state index in [1.807, 2.05) is 11.1 Å². The lowest BCUT2D eigenvalue weighted by atomic mass is 9.44. The summed E-state index contributed by atoms with van der Waals surface area (Å²) in [6, 6.07) is 0. The van der Waals surface area contributed by atoms with Crippen molar-refractivity contribution in [3.8, 4) is 0 Å². The number of nitrogens with zero attached hydrogens (tertiary/aromatic N) is 1. The molecule has 7 atom stereocenters. The van der Waals surface area contributed by atoms with Gasteiger partial charge in [0.15, 0.2) is 0 Å². The van der Waals surface area contributed by atoms with Crippen LogP contribution in [0, 0.1) is 39.9 Å². The summed E-state index contributed by atoms with van der Waals surface area (Å²) in [5.41, 5.74) is 4.76. The van der Waals surface area contributed by atoms with E-state index in [2.05, 4.69) is 51.3 Å². The fraction of sp³-hybridized carbons (Fsp3) is 0.929. The average Bonchev–Trinajstić information content (AvgIpc) is 3.09. The molecular formula is C28H47NOS. The van der Waals surface area contributed by atoms with Gasteiger partial charge in [-0.3, -0.25) is 0 Å². The number of fused-ring (bicyclic) bond motifs is 4. The summed E-state index contributed by atoms with van der Waals surface area (Å²) in [7, 11) is 0. The van der Waals surface area contributed by atoms with Crippen LogP contribution in [0.25, 0.3) is 0 Å². The lowest BCUT2D eigenvalue weighted by Crippen LogP contribution is -2.56. The first kappa shape index (κ1) is 22.8. The molecular weight excluding hydrogens is 398 g/mol. The van der Waals surface area contributed by atoms with Gasteiger partial charge in [0.2, 0.25) is 0 Å². The molecule has 0 bridgehead atoms. The van der Waals surface area contributed by atoms with Gasteiger partial charge in [0.25, 0.3) is 0 Å². The highest BCUT2D eigenvalue weighted by atomic mass is 32.2. The highest BCUT2D eigenvalue weighted by molar-refractivity contribution is 7.99. The van der Waals surface area contributed by atoms with Gasteiger partial charge in [-0.15, -0.1) is 0 Å². The van der Waals surface area contributed by atoms with Crippen LogP contribution in [0.15, 0.2) is 11.1 Å². The van der Waals surface area contributed by atoms with E-state index < -0.39 is 0 Å². The minimum atomic E-state index is -0.112. The van der Waals surface area contributed by atoms with E-state index in [1.165, 1.54) is 76.1 Å². The Balaban J connectivity index is 1.39. The Bertz CT molecular complexity index is 725. The lowest BCUT2D eigenvalue weighted by Gasteiger charge is -2.61. The molecule has 1 aliphatic heterocycles. The fourth-order valence-corrected chi connectivity index (χ4v) is 10.6. The Morgan fingerprint density at radius 2 is 1.74 bits per heavy atom. The van der Waals surface area contributed by atoms with Gasteiger partial charge in [0, 0.05) is 31.1 Å².